The van der Waals surface area contributed by atoms with E-state index in [2.05, 4.69) is 10.6 Å². The van der Waals surface area contributed by atoms with Gasteiger partial charge >= 0.3 is 0 Å². The van der Waals surface area contributed by atoms with Crippen LogP contribution in [-0.2, 0) is 16.0 Å². The highest BCUT2D eigenvalue weighted by Gasteiger charge is 2.32. The quantitative estimate of drug-likeness (QED) is 0.866. The number of hydrogen-bond acceptors (Lipinski definition) is 5. The maximum Gasteiger partial charge on any atom is 0.240 e. The number of benzene rings is 1. The summed E-state index contributed by atoms with van der Waals surface area (Å²) < 4.78 is 18.7. The lowest BCUT2D eigenvalue weighted by Crippen LogP contribution is -2.56. The van der Waals surface area contributed by atoms with E-state index in [-0.39, 0.29) is 29.9 Å². The molecule has 3 atom stereocenters. The van der Waals surface area contributed by atoms with Crippen LogP contribution in [0.2, 0.25) is 0 Å². The van der Waals surface area contributed by atoms with Crippen LogP contribution in [0, 0.1) is 5.82 Å². The molecular weight excluding hydrogens is 353 g/mol. The van der Waals surface area contributed by atoms with E-state index in [9.17, 15) is 9.18 Å². The highest BCUT2D eigenvalue weighted by atomic mass is 32.1. The number of amides is 1. The third kappa shape index (κ3) is 3.51. The van der Waals surface area contributed by atoms with Crippen LogP contribution in [0.1, 0.15) is 36.4 Å². The summed E-state index contributed by atoms with van der Waals surface area (Å²) >= 11 is 1.59. The van der Waals surface area contributed by atoms with E-state index < -0.39 is 0 Å². The van der Waals surface area contributed by atoms with Crippen molar-refractivity contribution in [3.8, 4) is 10.6 Å². The molecule has 2 aliphatic rings. The van der Waals surface area contributed by atoms with Crippen molar-refractivity contribution < 1.29 is 13.9 Å². The topological polar surface area (TPSA) is 63.2 Å². The molecule has 2 heterocycles. The highest BCUT2D eigenvalue weighted by molar-refractivity contribution is 7.15. The van der Waals surface area contributed by atoms with Crippen molar-refractivity contribution in [2.75, 3.05) is 13.2 Å². The van der Waals surface area contributed by atoms with Gasteiger partial charge in [-0.05, 0) is 50.5 Å². The van der Waals surface area contributed by atoms with Gasteiger partial charge < -0.3 is 15.4 Å². The van der Waals surface area contributed by atoms with Gasteiger partial charge in [-0.25, -0.2) is 9.37 Å². The van der Waals surface area contributed by atoms with Crippen molar-refractivity contribution in [3.05, 3.63) is 40.7 Å². The zero-order valence-corrected chi connectivity index (χ0v) is 15.4. The molecule has 7 heteroatoms. The molecule has 1 amide bonds. The Morgan fingerprint density at radius 2 is 2.19 bits per heavy atom. The molecule has 1 aromatic carbocycles. The molecule has 138 valence electrons. The molecule has 2 aromatic rings. The van der Waals surface area contributed by atoms with E-state index in [0.29, 0.717) is 13.2 Å². The molecule has 1 aliphatic carbocycles. The number of carbonyl (C=O) groups excluding carboxylic acids is 1. The number of hydrogen-bond donors (Lipinski definition) is 2. The number of aromatic nitrogens is 1. The minimum Gasteiger partial charge on any atom is -0.375 e. The van der Waals surface area contributed by atoms with E-state index in [1.54, 1.807) is 23.5 Å². The van der Waals surface area contributed by atoms with Crippen molar-refractivity contribution in [1.29, 1.82) is 0 Å². The van der Waals surface area contributed by atoms with Crippen LogP contribution >= 0.6 is 11.3 Å². The normalized spacial score (nSPS) is 25.5. The van der Waals surface area contributed by atoms with Crippen molar-refractivity contribution >= 4 is 17.2 Å². The van der Waals surface area contributed by atoms with Crippen LogP contribution in [0.5, 0.6) is 0 Å². The number of nitrogens with one attached hydrogen (secondary N) is 2. The van der Waals surface area contributed by atoms with Crippen LogP contribution in [-0.4, -0.2) is 36.2 Å². The molecule has 1 saturated heterocycles. The van der Waals surface area contributed by atoms with Gasteiger partial charge in [0.2, 0.25) is 5.91 Å². The Hall–Kier alpha value is -1.83. The van der Waals surface area contributed by atoms with Crippen LogP contribution in [0.4, 0.5) is 4.39 Å². The smallest absolute Gasteiger partial charge is 0.240 e. The summed E-state index contributed by atoms with van der Waals surface area (Å²) in [5.74, 6) is -0.275. The SMILES string of the molecule is C[C@H]1OCCN[C@@H]1C(=O)NC1CCCc2nc(-c3ccc(F)cc3)sc21. The van der Waals surface area contributed by atoms with Crippen molar-refractivity contribution in [2.24, 2.45) is 0 Å². The Morgan fingerprint density at radius 1 is 1.38 bits per heavy atom. The summed E-state index contributed by atoms with van der Waals surface area (Å²) in [5, 5.41) is 7.29. The van der Waals surface area contributed by atoms with E-state index in [1.165, 1.54) is 12.1 Å². The van der Waals surface area contributed by atoms with Crippen molar-refractivity contribution in [3.63, 3.8) is 0 Å². The molecule has 2 N–H and O–H groups in total. The first-order chi connectivity index (χ1) is 12.6. The molecule has 5 nitrogen and oxygen atoms in total. The van der Waals surface area contributed by atoms with Gasteiger partial charge in [-0.2, -0.15) is 0 Å². The Morgan fingerprint density at radius 3 is 2.96 bits per heavy atom. The lowest BCUT2D eigenvalue weighted by atomic mass is 9.97. The fourth-order valence-corrected chi connectivity index (χ4v) is 4.76. The van der Waals surface area contributed by atoms with Gasteiger partial charge in [0.1, 0.15) is 16.9 Å². The zero-order valence-electron chi connectivity index (χ0n) is 14.6. The fraction of sp³-hybridized carbons (Fsp3) is 0.474. The molecular formula is C19H22FN3O2S. The van der Waals surface area contributed by atoms with Gasteiger partial charge in [0.15, 0.2) is 0 Å². The number of ether oxygens (including phenoxy) is 1. The molecule has 0 bridgehead atoms. The number of halogens is 1. The summed E-state index contributed by atoms with van der Waals surface area (Å²) in [7, 11) is 0. The van der Waals surface area contributed by atoms with E-state index in [4.69, 9.17) is 9.72 Å². The largest absolute Gasteiger partial charge is 0.375 e. The number of fused-ring (bicyclic) bond motifs is 1. The molecule has 1 aliphatic heterocycles. The van der Waals surface area contributed by atoms with Crippen LogP contribution in [0.25, 0.3) is 10.6 Å². The third-order valence-corrected chi connectivity index (χ3v) is 6.22. The predicted octanol–water partition coefficient (Wildman–Crippen LogP) is 2.82. The number of aryl methyl sites for hydroxylation is 1. The summed E-state index contributed by atoms with van der Waals surface area (Å²) in [6, 6.07) is 6.06. The lowest BCUT2D eigenvalue weighted by molar-refractivity contribution is -0.129. The average Bonchev–Trinajstić information content (AvgIpc) is 3.08. The third-order valence-electron chi connectivity index (χ3n) is 4.96. The molecule has 4 rings (SSSR count). The number of nitrogens with zero attached hydrogens (tertiary/aromatic N) is 1. The predicted molar refractivity (Wildman–Crippen MR) is 98.5 cm³/mol. The van der Waals surface area contributed by atoms with Crippen molar-refractivity contribution in [1.82, 2.24) is 15.6 Å². The monoisotopic (exact) mass is 375 g/mol. The van der Waals surface area contributed by atoms with Crippen LogP contribution < -0.4 is 10.6 Å². The van der Waals surface area contributed by atoms with Gasteiger partial charge in [-0.3, -0.25) is 4.79 Å². The Balaban J connectivity index is 1.53. The summed E-state index contributed by atoms with van der Waals surface area (Å²) in [6.07, 6.45) is 2.68. The molecule has 1 unspecified atom stereocenters. The second-order valence-corrected chi connectivity index (χ2v) is 7.83. The maximum atomic E-state index is 13.2. The molecule has 1 aromatic heterocycles. The van der Waals surface area contributed by atoms with Crippen molar-refractivity contribution in [2.45, 2.75) is 44.4 Å². The first-order valence-electron chi connectivity index (χ1n) is 9.03. The molecule has 26 heavy (non-hydrogen) atoms. The van der Waals surface area contributed by atoms with Gasteiger partial charge in [-0.15, -0.1) is 11.3 Å². The first kappa shape index (κ1) is 17.6. The summed E-state index contributed by atoms with van der Waals surface area (Å²) in [5.41, 5.74) is 1.96. The van der Waals surface area contributed by atoms with E-state index >= 15 is 0 Å². The van der Waals surface area contributed by atoms with E-state index in [1.807, 2.05) is 6.92 Å². The van der Waals surface area contributed by atoms with Gasteiger partial charge in [0.05, 0.1) is 29.3 Å². The minimum atomic E-state index is -0.321. The van der Waals surface area contributed by atoms with Crippen LogP contribution in [0.15, 0.2) is 24.3 Å². The highest BCUT2D eigenvalue weighted by Crippen LogP contribution is 2.38. The second-order valence-electron chi connectivity index (χ2n) is 6.80. The Bertz CT molecular complexity index is 793. The van der Waals surface area contributed by atoms with Gasteiger partial charge in [0, 0.05) is 12.1 Å². The average molecular weight is 375 g/mol. The fourth-order valence-electron chi connectivity index (χ4n) is 3.56. The molecule has 0 radical (unpaired) electrons. The summed E-state index contributed by atoms with van der Waals surface area (Å²) in [4.78, 5) is 18.5. The zero-order chi connectivity index (χ0) is 18.1. The lowest BCUT2D eigenvalue weighted by Gasteiger charge is -2.31. The van der Waals surface area contributed by atoms with Crippen LogP contribution in [0.3, 0.4) is 0 Å². The van der Waals surface area contributed by atoms with E-state index in [0.717, 1.165) is 40.4 Å². The minimum absolute atomic E-state index is 0.0196. The number of thiazole rings is 1. The number of morpholine rings is 1. The number of carbonyl (C=O) groups is 1. The maximum absolute atomic E-state index is 13.2. The number of rotatable bonds is 3. The van der Waals surface area contributed by atoms with Gasteiger partial charge in [-0.1, -0.05) is 0 Å². The molecule has 0 spiro atoms. The standard InChI is InChI=1S/C19H22FN3O2S/c1-11-16(21-9-10-25-11)18(24)22-14-3-2-4-15-17(14)26-19(23-15)12-5-7-13(20)8-6-12/h5-8,11,14,16,21H,2-4,9-10H2,1H3,(H,22,24)/t11-,14?,16+/m1/s1. The Labute approximate surface area is 156 Å². The van der Waals surface area contributed by atoms with Gasteiger partial charge in [0.25, 0.3) is 0 Å². The Kier molecular flexibility index (Phi) is 5.02. The molecule has 1 fully saturated rings. The second kappa shape index (κ2) is 7.42. The first-order valence-corrected chi connectivity index (χ1v) is 9.84. The molecule has 0 saturated carbocycles. The summed E-state index contributed by atoms with van der Waals surface area (Å²) in [6.45, 7) is 3.24.